The lowest BCUT2D eigenvalue weighted by atomic mass is 10.1. The predicted molar refractivity (Wildman–Crippen MR) is 134 cm³/mol. The minimum atomic E-state index is -3.84. The van der Waals surface area contributed by atoms with Crippen LogP contribution in [0.15, 0.2) is 48.5 Å². The number of amides is 2. The molecule has 8 nitrogen and oxygen atoms in total. The van der Waals surface area contributed by atoms with Crippen molar-refractivity contribution < 1.29 is 22.7 Å². The Bertz CT molecular complexity index is 1110. The van der Waals surface area contributed by atoms with E-state index >= 15 is 0 Å². The number of nitrogens with one attached hydrogen (secondary N) is 1. The summed E-state index contributed by atoms with van der Waals surface area (Å²) in [7, 11) is -2.30. The minimum absolute atomic E-state index is 0.0897. The van der Waals surface area contributed by atoms with E-state index in [0.29, 0.717) is 12.3 Å². The van der Waals surface area contributed by atoms with Crippen LogP contribution in [0.5, 0.6) is 5.75 Å². The van der Waals surface area contributed by atoms with Gasteiger partial charge in [-0.2, -0.15) is 0 Å². The number of hydrogen-bond donors (Lipinski definition) is 1. The van der Waals surface area contributed by atoms with Crippen LogP contribution in [0.25, 0.3) is 0 Å². The Labute approximate surface area is 206 Å². The molecule has 10 heteroatoms. The Balaban J connectivity index is 2.39. The third-order valence-corrected chi connectivity index (χ3v) is 6.59. The van der Waals surface area contributed by atoms with E-state index in [4.69, 9.17) is 16.3 Å². The van der Waals surface area contributed by atoms with Gasteiger partial charge in [-0.3, -0.25) is 13.9 Å². The van der Waals surface area contributed by atoms with Gasteiger partial charge in [0.15, 0.2) is 0 Å². The van der Waals surface area contributed by atoms with Crippen molar-refractivity contribution in [2.75, 3.05) is 30.8 Å². The van der Waals surface area contributed by atoms with Crippen molar-refractivity contribution in [1.82, 2.24) is 10.2 Å². The maximum Gasteiger partial charge on any atom is 0.244 e. The van der Waals surface area contributed by atoms with Crippen molar-refractivity contribution >= 4 is 39.1 Å². The summed E-state index contributed by atoms with van der Waals surface area (Å²) in [4.78, 5) is 27.7. The summed E-state index contributed by atoms with van der Waals surface area (Å²) in [6.07, 6.45) is 1.01. The number of benzene rings is 2. The Kier molecular flexibility index (Phi) is 9.76. The summed E-state index contributed by atoms with van der Waals surface area (Å²) in [5, 5.41) is 3.04. The van der Waals surface area contributed by atoms with Crippen molar-refractivity contribution in [2.45, 2.75) is 33.4 Å². The van der Waals surface area contributed by atoms with Crippen LogP contribution in [-0.2, 0) is 26.2 Å². The van der Waals surface area contributed by atoms with Gasteiger partial charge >= 0.3 is 0 Å². The molecule has 2 amide bonds. The van der Waals surface area contributed by atoms with Crippen molar-refractivity contribution in [3.05, 3.63) is 59.1 Å². The maximum absolute atomic E-state index is 13.5. The molecule has 0 bridgehead atoms. The van der Waals surface area contributed by atoms with Crippen LogP contribution in [0.4, 0.5) is 5.69 Å². The summed E-state index contributed by atoms with van der Waals surface area (Å²) in [6, 6.07) is 12.7. The number of hydrogen-bond acceptors (Lipinski definition) is 5. The molecular formula is C24H32ClN3O5S. The highest BCUT2D eigenvalue weighted by Gasteiger charge is 2.30. The SMILES string of the molecule is COc1cccc(CN(C(=O)CN(c2ccccc2Cl)S(C)(=O)=O)[C@H](C)C(=O)NCC(C)C)c1. The molecule has 0 saturated carbocycles. The fraction of sp³-hybridized carbons (Fsp3) is 0.417. The molecule has 2 aromatic carbocycles. The van der Waals surface area contributed by atoms with E-state index in [1.54, 1.807) is 43.3 Å². The summed E-state index contributed by atoms with van der Waals surface area (Å²) in [5.41, 5.74) is 0.929. The zero-order valence-electron chi connectivity index (χ0n) is 20.1. The Morgan fingerprint density at radius 2 is 1.76 bits per heavy atom. The molecule has 186 valence electrons. The Morgan fingerprint density at radius 3 is 2.35 bits per heavy atom. The highest BCUT2D eigenvalue weighted by Crippen LogP contribution is 2.27. The van der Waals surface area contributed by atoms with Gasteiger partial charge in [0.25, 0.3) is 0 Å². The largest absolute Gasteiger partial charge is 0.497 e. The fourth-order valence-corrected chi connectivity index (χ4v) is 4.40. The Hall–Kier alpha value is -2.78. The molecule has 0 aliphatic carbocycles. The van der Waals surface area contributed by atoms with Gasteiger partial charge in [-0.1, -0.05) is 49.7 Å². The predicted octanol–water partition coefficient (Wildman–Crippen LogP) is 3.30. The first kappa shape index (κ1) is 27.5. The second-order valence-corrected chi connectivity index (χ2v) is 10.7. The quantitative estimate of drug-likeness (QED) is 0.501. The third kappa shape index (κ3) is 7.63. The van der Waals surface area contributed by atoms with Gasteiger partial charge in [-0.25, -0.2) is 8.42 Å². The first-order chi connectivity index (χ1) is 15.9. The maximum atomic E-state index is 13.5. The summed E-state index contributed by atoms with van der Waals surface area (Å²) >= 11 is 6.23. The van der Waals surface area contributed by atoms with Gasteiger partial charge in [0.05, 0.1) is 24.1 Å². The first-order valence-corrected chi connectivity index (χ1v) is 13.1. The van der Waals surface area contributed by atoms with Crippen LogP contribution in [-0.4, -0.2) is 57.6 Å². The standard InChI is InChI=1S/C24H32ClN3O5S/c1-17(2)14-26-24(30)18(3)27(15-19-9-8-10-20(13-19)33-4)23(29)16-28(34(5,31)32)22-12-7-6-11-21(22)25/h6-13,17-18H,14-16H2,1-5H3,(H,26,30)/t18-/m1/s1. The van der Waals surface area contributed by atoms with Crippen LogP contribution in [0.2, 0.25) is 5.02 Å². The summed E-state index contributed by atoms with van der Waals surface area (Å²) in [6.45, 7) is 5.60. The molecule has 0 aliphatic heterocycles. The molecule has 2 aromatic rings. The molecule has 0 heterocycles. The van der Waals surface area contributed by atoms with E-state index in [1.807, 2.05) is 19.9 Å². The van der Waals surface area contributed by atoms with Crippen molar-refractivity contribution in [3.63, 3.8) is 0 Å². The molecule has 1 atom stereocenters. The van der Waals surface area contributed by atoms with Crippen molar-refractivity contribution in [1.29, 1.82) is 0 Å². The van der Waals surface area contributed by atoms with Gasteiger partial charge in [-0.05, 0) is 42.7 Å². The Morgan fingerprint density at radius 1 is 1.09 bits per heavy atom. The van der Waals surface area contributed by atoms with Gasteiger partial charge < -0.3 is 15.0 Å². The molecule has 0 fully saturated rings. The number of ether oxygens (including phenoxy) is 1. The number of methoxy groups -OCH3 is 1. The number of nitrogens with zero attached hydrogens (tertiary/aromatic N) is 2. The molecular weight excluding hydrogens is 478 g/mol. The number of carbonyl (C=O) groups excluding carboxylic acids is 2. The number of carbonyl (C=O) groups is 2. The van der Waals surface area contributed by atoms with E-state index in [0.717, 1.165) is 16.1 Å². The molecule has 0 spiro atoms. The van der Waals surface area contributed by atoms with Gasteiger partial charge in [0.1, 0.15) is 18.3 Å². The second-order valence-electron chi connectivity index (χ2n) is 8.41. The molecule has 0 aliphatic rings. The van der Waals surface area contributed by atoms with E-state index in [9.17, 15) is 18.0 Å². The highest BCUT2D eigenvalue weighted by atomic mass is 35.5. The first-order valence-electron chi connectivity index (χ1n) is 10.9. The number of halogens is 1. The average molecular weight is 510 g/mol. The molecule has 0 unspecified atom stereocenters. The lowest BCUT2D eigenvalue weighted by Gasteiger charge is -2.32. The van der Waals surface area contributed by atoms with Crippen molar-refractivity contribution in [3.8, 4) is 5.75 Å². The topological polar surface area (TPSA) is 96.0 Å². The van der Waals surface area contributed by atoms with Gasteiger partial charge in [0.2, 0.25) is 21.8 Å². The molecule has 2 rings (SSSR count). The van der Waals surface area contributed by atoms with Crippen LogP contribution >= 0.6 is 11.6 Å². The van der Waals surface area contributed by atoms with E-state index in [1.165, 1.54) is 18.1 Å². The molecule has 0 radical (unpaired) electrons. The average Bonchev–Trinajstić information content (AvgIpc) is 2.78. The number of rotatable bonds is 11. The second kappa shape index (κ2) is 12.1. The third-order valence-electron chi connectivity index (χ3n) is 5.14. The van der Waals surface area contributed by atoms with Crippen LogP contribution in [0.1, 0.15) is 26.3 Å². The van der Waals surface area contributed by atoms with Gasteiger partial charge in [-0.15, -0.1) is 0 Å². The fourth-order valence-electron chi connectivity index (χ4n) is 3.25. The number of sulfonamides is 1. The molecule has 34 heavy (non-hydrogen) atoms. The zero-order chi connectivity index (χ0) is 25.5. The summed E-state index contributed by atoms with van der Waals surface area (Å²) < 4.78 is 31.4. The lowest BCUT2D eigenvalue weighted by molar-refractivity contribution is -0.139. The minimum Gasteiger partial charge on any atom is -0.497 e. The highest BCUT2D eigenvalue weighted by molar-refractivity contribution is 7.92. The summed E-state index contributed by atoms with van der Waals surface area (Å²) in [5.74, 6) is -0.0239. The normalized spacial score (nSPS) is 12.2. The van der Waals surface area contributed by atoms with Crippen LogP contribution in [0.3, 0.4) is 0 Å². The smallest absolute Gasteiger partial charge is 0.244 e. The monoisotopic (exact) mass is 509 g/mol. The molecule has 0 saturated heterocycles. The van der Waals surface area contributed by atoms with E-state index in [2.05, 4.69) is 5.32 Å². The van der Waals surface area contributed by atoms with Gasteiger partial charge in [0, 0.05) is 13.1 Å². The molecule has 1 N–H and O–H groups in total. The number of para-hydroxylation sites is 1. The van der Waals surface area contributed by atoms with E-state index in [-0.39, 0.29) is 29.1 Å². The van der Waals surface area contributed by atoms with Crippen molar-refractivity contribution in [2.24, 2.45) is 5.92 Å². The van der Waals surface area contributed by atoms with E-state index < -0.39 is 28.5 Å². The number of anilines is 1. The van der Waals surface area contributed by atoms with Crippen LogP contribution in [0, 0.1) is 5.92 Å². The molecule has 0 aromatic heterocycles. The lowest BCUT2D eigenvalue weighted by Crippen LogP contribution is -2.51. The zero-order valence-corrected chi connectivity index (χ0v) is 21.7. The van der Waals surface area contributed by atoms with Crippen LogP contribution < -0.4 is 14.4 Å².